The van der Waals surface area contributed by atoms with Gasteiger partial charge in [-0.05, 0) is 32.1 Å². The molecule has 0 amide bonds. The molecule has 0 spiro atoms. The monoisotopic (exact) mass is 328 g/mol. The number of ether oxygens (including phenoxy) is 1. The SMILES string of the molecule is CCOc1ccc(-c2ccc(/C=C(/C)F)c(F)c2F)c(F)c1F. The summed E-state index contributed by atoms with van der Waals surface area (Å²) in [4.78, 5) is 0. The van der Waals surface area contributed by atoms with E-state index in [9.17, 15) is 22.0 Å². The molecule has 0 unspecified atom stereocenters. The largest absolute Gasteiger partial charge is 0.491 e. The van der Waals surface area contributed by atoms with Gasteiger partial charge in [-0.2, -0.15) is 4.39 Å². The number of hydrogen-bond acceptors (Lipinski definition) is 1. The number of rotatable bonds is 4. The van der Waals surface area contributed by atoms with E-state index in [1.807, 2.05) is 0 Å². The summed E-state index contributed by atoms with van der Waals surface area (Å²) in [7, 11) is 0. The maximum Gasteiger partial charge on any atom is 0.201 e. The molecule has 0 aliphatic rings. The fourth-order valence-electron chi connectivity index (χ4n) is 2.10. The minimum atomic E-state index is -1.39. The standard InChI is InChI=1S/C17H13F5O/c1-3-23-13-7-6-12(16(21)17(13)22)11-5-4-10(8-9(2)18)14(19)15(11)20/h4-8H,3H2,1-2H3/b9-8-. The molecule has 0 fully saturated rings. The molecule has 23 heavy (non-hydrogen) atoms. The third kappa shape index (κ3) is 3.36. The van der Waals surface area contributed by atoms with E-state index in [2.05, 4.69) is 0 Å². The van der Waals surface area contributed by atoms with E-state index in [0.717, 1.165) is 37.3 Å². The second-order valence-electron chi connectivity index (χ2n) is 4.73. The van der Waals surface area contributed by atoms with Crippen molar-refractivity contribution in [3.8, 4) is 16.9 Å². The summed E-state index contributed by atoms with van der Waals surface area (Å²) in [6, 6.07) is 4.38. The topological polar surface area (TPSA) is 9.23 Å². The Morgan fingerprint density at radius 3 is 2.04 bits per heavy atom. The lowest BCUT2D eigenvalue weighted by molar-refractivity contribution is 0.314. The van der Waals surface area contributed by atoms with Crippen molar-refractivity contribution in [2.45, 2.75) is 13.8 Å². The van der Waals surface area contributed by atoms with Crippen LogP contribution < -0.4 is 4.74 Å². The molecule has 0 heterocycles. The minimum absolute atomic E-state index is 0.127. The molecule has 0 saturated carbocycles. The van der Waals surface area contributed by atoms with Crippen molar-refractivity contribution >= 4 is 6.08 Å². The molecular weight excluding hydrogens is 315 g/mol. The van der Waals surface area contributed by atoms with Crippen LogP contribution in [0.15, 0.2) is 30.1 Å². The van der Waals surface area contributed by atoms with Crippen LogP contribution >= 0.6 is 0 Å². The van der Waals surface area contributed by atoms with Gasteiger partial charge in [0.25, 0.3) is 0 Å². The smallest absolute Gasteiger partial charge is 0.201 e. The Bertz CT molecular complexity index is 764. The molecule has 0 bridgehead atoms. The van der Waals surface area contributed by atoms with Crippen molar-refractivity contribution in [3.05, 3.63) is 58.9 Å². The Balaban J connectivity index is 2.58. The fraction of sp³-hybridized carbons (Fsp3) is 0.176. The first kappa shape index (κ1) is 17.0. The molecule has 2 aromatic rings. The van der Waals surface area contributed by atoms with Gasteiger partial charge in [-0.25, -0.2) is 17.6 Å². The molecule has 0 N–H and O–H groups in total. The van der Waals surface area contributed by atoms with Gasteiger partial charge in [0.2, 0.25) is 5.82 Å². The highest BCUT2D eigenvalue weighted by Gasteiger charge is 2.20. The minimum Gasteiger partial charge on any atom is -0.491 e. The van der Waals surface area contributed by atoms with Gasteiger partial charge in [0, 0.05) is 16.7 Å². The molecule has 0 saturated heterocycles. The van der Waals surface area contributed by atoms with Gasteiger partial charge in [-0.3, -0.25) is 0 Å². The van der Waals surface area contributed by atoms with E-state index >= 15 is 0 Å². The Kier molecular flexibility index (Phi) is 5.03. The maximum atomic E-state index is 14.1. The van der Waals surface area contributed by atoms with Crippen molar-refractivity contribution in [2.24, 2.45) is 0 Å². The Morgan fingerprint density at radius 1 is 0.913 bits per heavy atom. The van der Waals surface area contributed by atoms with Crippen molar-refractivity contribution in [2.75, 3.05) is 6.61 Å². The van der Waals surface area contributed by atoms with Crippen molar-refractivity contribution in [1.29, 1.82) is 0 Å². The van der Waals surface area contributed by atoms with Crippen LogP contribution in [0.4, 0.5) is 22.0 Å². The van der Waals surface area contributed by atoms with Crippen molar-refractivity contribution < 1.29 is 26.7 Å². The number of hydrogen-bond donors (Lipinski definition) is 0. The fourth-order valence-corrected chi connectivity index (χ4v) is 2.10. The molecular formula is C17H13F5O. The average Bonchev–Trinajstić information content (AvgIpc) is 2.50. The second-order valence-corrected chi connectivity index (χ2v) is 4.73. The van der Waals surface area contributed by atoms with Gasteiger partial charge < -0.3 is 4.74 Å². The van der Waals surface area contributed by atoms with Gasteiger partial charge in [0.15, 0.2) is 23.2 Å². The molecule has 2 aromatic carbocycles. The van der Waals surface area contributed by atoms with E-state index in [1.54, 1.807) is 6.92 Å². The number of halogens is 5. The lowest BCUT2D eigenvalue weighted by Gasteiger charge is -2.11. The van der Waals surface area contributed by atoms with E-state index in [1.165, 1.54) is 0 Å². The molecule has 0 radical (unpaired) electrons. The number of benzene rings is 2. The zero-order chi connectivity index (χ0) is 17.1. The summed E-state index contributed by atoms with van der Waals surface area (Å²) >= 11 is 0. The number of allylic oxidation sites excluding steroid dienone is 1. The van der Waals surface area contributed by atoms with Crippen LogP contribution in [-0.2, 0) is 0 Å². The van der Waals surface area contributed by atoms with Crippen LogP contribution in [-0.4, -0.2) is 6.61 Å². The summed E-state index contributed by atoms with van der Waals surface area (Å²) in [6.45, 7) is 2.80. The highest BCUT2D eigenvalue weighted by Crippen LogP contribution is 2.33. The second kappa shape index (κ2) is 6.81. The van der Waals surface area contributed by atoms with E-state index < -0.39 is 40.2 Å². The van der Waals surface area contributed by atoms with Gasteiger partial charge in [-0.15, -0.1) is 0 Å². The first-order valence-electron chi connectivity index (χ1n) is 6.79. The van der Waals surface area contributed by atoms with Crippen molar-refractivity contribution in [3.63, 3.8) is 0 Å². The van der Waals surface area contributed by atoms with Gasteiger partial charge in [0.05, 0.1) is 12.4 Å². The van der Waals surface area contributed by atoms with Crippen LogP contribution in [0.1, 0.15) is 19.4 Å². The quantitative estimate of drug-likeness (QED) is 0.660. The Hall–Kier alpha value is -2.37. The summed E-state index contributed by atoms with van der Waals surface area (Å²) in [5.41, 5.74) is -1.23. The van der Waals surface area contributed by atoms with E-state index in [-0.39, 0.29) is 17.9 Å². The zero-order valence-electron chi connectivity index (χ0n) is 12.4. The van der Waals surface area contributed by atoms with Crippen LogP contribution in [0, 0.1) is 23.3 Å². The summed E-state index contributed by atoms with van der Waals surface area (Å²) < 4.78 is 73.6. The first-order valence-corrected chi connectivity index (χ1v) is 6.79. The Labute approximate surface area is 130 Å². The molecule has 0 atom stereocenters. The van der Waals surface area contributed by atoms with Crippen LogP contribution in [0.3, 0.4) is 0 Å². The highest BCUT2D eigenvalue weighted by molar-refractivity contribution is 5.68. The molecule has 0 aliphatic heterocycles. The molecule has 122 valence electrons. The molecule has 6 heteroatoms. The third-order valence-corrected chi connectivity index (χ3v) is 3.10. The van der Waals surface area contributed by atoms with Crippen LogP contribution in [0.5, 0.6) is 5.75 Å². The predicted octanol–water partition coefficient (Wildman–Crippen LogP) is 5.64. The molecule has 2 rings (SSSR count). The predicted molar refractivity (Wildman–Crippen MR) is 77.6 cm³/mol. The summed E-state index contributed by atoms with van der Waals surface area (Å²) in [5, 5.41) is 0. The van der Waals surface area contributed by atoms with Gasteiger partial charge in [0.1, 0.15) is 0 Å². The summed E-state index contributed by atoms with van der Waals surface area (Å²) in [5.74, 6) is -6.39. The normalized spacial score (nSPS) is 11.7. The first-order chi connectivity index (χ1) is 10.9. The van der Waals surface area contributed by atoms with Crippen molar-refractivity contribution in [1.82, 2.24) is 0 Å². The lowest BCUT2D eigenvalue weighted by atomic mass is 10.0. The Morgan fingerprint density at radius 2 is 1.48 bits per heavy atom. The summed E-state index contributed by atoms with van der Waals surface area (Å²) in [6.07, 6.45) is 0.803. The maximum absolute atomic E-state index is 14.1. The van der Waals surface area contributed by atoms with Crippen LogP contribution in [0.25, 0.3) is 17.2 Å². The van der Waals surface area contributed by atoms with E-state index in [0.29, 0.717) is 0 Å². The average molecular weight is 328 g/mol. The third-order valence-electron chi connectivity index (χ3n) is 3.10. The zero-order valence-corrected chi connectivity index (χ0v) is 12.4. The van der Waals surface area contributed by atoms with Crippen LogP contribution in [0.2, 0.25) is 0 Å². The van der Waals surface area contributed by atoms with Gasteiger partial charge in [-0.1, -0.05) is 12.1 Å². The van der Waals surface area contributed by atoms with E-state index in [4.69, 9.17) is 4.74 Å². The highest BCUT2D eigenvalue weighted by atomic mass is 19.2. The molecule has 0 aliphatic carbocycles. The van der Waals surface area contributed by atoms with Gasteiger partial charge >= 0.3 is 0 Å². The molecule has 1 nitrogen and oxygen atoms in total. The molecule has 0 aromatic heterocycles. The lowest BCUT2D eigenvalue weighted by Crippen LogP contribution is -2.00.